The number of hydrogen-bond donors (Lipinski definition) is 0. The van der Waals surface area contributed by atoms with Crippen LogP contribution in [0.1, 0.15) is 57.8 Å². The molecule has 1 heterocycles. The van der Waals surface area contributed by atoms with E-state index >= 15 is 0 Å². The van der Waals surface area contributed by atoms with Crippen LogP contribution in [0.3, 0.4) is 0 Å². The molecule has 3 atom stereocenters. The summed E-state index contributed by atoms with van der Waals surface area (Å²) in [6, 6.07) is 0. The molecule has 2 aliphatic carbocycles. The molecular formula is C15H27N. The Morgan fingerprint density at radius 2 is 1.56 bits per heavy atom. The molecule has 3 aliphatic rings. The summed E-state index contributed by atoms with van der Waals surface area (Å²) >= 11 is 0. The van der Waals surface area contributed by atoms with Crippen LogP contribution in [-0.4, -0.2) is 24.5 Å². The summed E-state index contributed by atoms with van der Waals surface area (Å²) in [6.07, 6.45) is 13.7. The van der Waals surface area contributed by atoms with Crippen molar-refractivity contribution >= 4 is 0 Å². The Kier molecular flexibility index (Phi) is 3.51. The average molecular weight is 221 g/mol. The van der Waals surface area contributed by atoms with Gasteiger partial charge in [-0.3, -0.25) is 0 Å². The molecule has 1 saturated heterocycles. The summed E-state index contributed by atoms with van der Waals surface area (Å²) in [6.45, 7) is 4.22. The van der Waals surface area contributed by atoms with Gasteiger partial charge in [-0.15, -0.1) is 0 Å². The molecule has 16 heavy (non-hydrogen) atoms. The highest BCUT2D eigenvalue weighted by Gasteiger charge is 2.34. The summed E-state index contributed by atoms with van der Waals surface area (Å²) in [5.74, 6) is 3.32. The van der Waals surface area contributed by atoms with Crippen molar-refractivity contribution in [2.75, 3.05) is 19.6 Å². The normalized spacial score (nSPS) is 40.9. The lowest BCUT2D eigenvalue weighted by molar-refractivity contribution is 0.135. The van der Waals surface area contributed by atoms with Gasteiger partial charge in [-0.25, -0.2) is 0 Å². The summed E-state index contributed by atoms with van der Waals surface area (Å²) in [7, 11) is 0. The van der Waals surface area contributed by atoms with E-state index in [0.29, 0.717) is 0 Å². The maximum Gasteiger partial charge on any atom is 0.000976 e. The maximum absolute atomic E-state index is 2.75. The molecule has 1 nitrogen and oxygen atoms in total. The highest BCUT2D eigenvalue weighted by Crippen LogP contribution is 2.44. The Hall–Kier alpha value is -0.0400. The second-order valence-corrected chi connectivity index (χ2v) is 6.49. The van der Waals surface area contributed by atoms with Crippen LogP contribution in [0.5, 0.6) is 0 Å². The molecule has 3 rings (SSSR count). The van der Waals surface area contributed by atoms with Crippen LogP contribution in [0, 0.1) is 17.8 Å². The molecule has 0 radical (unpaired) electrons. The van der Waals surface area contributed by atoms with Crippen LogP contribution < -0.4 is 0 Å². The van der Waals surface area contributed by atoms with Crippen molar-refractivity contribution in [2.24, 2.45) is 17.8 Å². The Morgan fingerprint density at radius 3 is 2.44 bits per heavy atom. The number of fused-ring (bicyclic) bond motifs is 1. The van der Waals surface area contributed by atoms with Gasteiger partial charge < -0.3 is 4.90 Å². The Bertz CT molecular complexity index is 219. The lowest BCUT2D eigenvalue weighted by Crippen LogP contribution is -2.36. The molecule has 3 fully saturated rings. The summed E-state index contributed by atoms with van der Waals surface area (Å²) in [5.41, 5.74) is 0. The van der Waals surface area contributed by atoms with E-state index in [1.807, 2.05) is 0 Å². The van der Waals surface area contributed by atoms with Crippen molar-refractivity contribution in [3.63, 3.8) is 0 Å². The molecule has 0 aromatic heterocycles. The number of nitrogens with zero attached hydrogens (tertiary/aromatic N) is 1. The number of rotatable bonds is 2. The zero-order chi connectivity index (χ0) is 10.8. The monoisotopic (exact) mass is 221 g/mol. The molecule has 2 unspecified atom stereocenters. The minimum absolute atomic E-state index is 1.05. The topological polar surface area (TPSA) is 3.24 Å². The number of likely N-dealkylation sites (tertiary alicyclic amines) is 1. The van der Waals surface area contributed by atoms with Crippen molar-refractivity contribution in [3.05, 3.63) is 0 Å². The first-order valence-corrected chi connectivity index (χ1v) is 7.64. The summed E-state index contributed by atoms with van der Waals surface area (Å²) in [4.78, 5) is 2.75. The molecule has 1 heteroatoms. The van der Waals surface area contributed by atoms with Gasteiger partial charge in [0, 0.05) is 6.54 Å². The average Bonchev–Trinajstić information content (AvgIpc) is 2.77. The summed E-state index contributed by atoms with van der Waals surface area (Å²) in [5, 5.41) is 0. The van der Waals surface area contributed by atoms with Gasteiger partial charge in [-0.2, -0.15) is 0 Å². The van der Waals surface area contributed by atoms with Gasteiger partial charge >= 0.3 is 0 Å². The lowest BCUT2D eigenvalue weighted by Gasteiger charge is -2.36. The van der Waals surface area contributed by atoms with Gasteiger partial charge in [0.25, 0.3) is 0 Å². The Morgan fingerprint density at radius 1 is 0.750 bits per heavy atom. The predicted octanol–water partition coefficient (Wildman–Crippen LogP) is 3.69. The van der Waals surface area contributed by atoms with Crippen LogP contribution in [0.15, 0.2) is 0 Å². The first-order valence-electron chi connectivity index (χ1n) is 7.64. The molecule has 0 aromatic carbocycles. The fourth-order valence-electron chi connectivity index (χ4n) is 4.47. The standard InChI is InChI=1S/C15H27N/c1-2-9-16(10-3-1)12-13-7-8-14-5-4-6-15(14)11-13/h13-15H,1-12H2/t13?,14?,15-/m1/s1. The molecule has 0 N–H and O–H groups in total. The third-order valence-corrected chi connectivity index (χ3v) is 5.36. The highest BCUT2D eigenvalue weighted by molar-refractivity contribution is 4.86. The van der Waals surface area contributed by atoms with E-state index in [0.717, 1.165) is 17.8 Å². The van der Waals surface area contributed by atoms with E-state index < -0.39 is 0 Å². The molecule has 0 bridgehead atoms. The largest absolute Gasteiger partial charge is 0.303 e. The fraction of sp³-hybridized carbons (Fsp3) is 1.00. The quantitative estimate of drug-likeness (QED) is 0.687. The van der Waals surface area contributed by atoms with E-state index in [1.54, 1.807) is 25.7 Å². The third-order valence-electron chi connectivity index (χ3n) is 5.36. The molecule has 2 saturated carbocycles. The van der Waals surface area contributed by atoms with E-state index in [9.17, 15) is 0 Å². The van der Waals surface area contributed by atoms with Crippen molar-refractivity contribution < 1.29 is 0 Å². The Labute approximate surface area is 101 Å². The molecule has 0 amide bonds. The highest BCUT2D eigenvalue weighted by atomic mass is 15.1. The van der Waals surface area contributed by atoms with Crippen molar-refractivity contribution in [2.45, 2.75) is 57.8 Å². The van der Waals surface area contributed by atoms with Crippen LogP contribution in [0.25, 0.3) is 0 Å². The first kappa shape index (κ1) is 11.1. The van der Waals surface area contributed by atoms with Crippen LogP contribution in [0.4, 0.5) is 0 Å². The summed E-state index contributed by atoms with van der Waals surface area (Å²) < 4.78 is 0. The second kappa shape index (κ2) is 5.08. The molecule has 92 valence electrons. The molecule has 1 aliphatic heterocycles. The zero-order valence-corrected chi connectivity index (χ0v) is 10.7. The zero-order valence-electron chi connectivity index (χ0n) is 10.7. The lowest BCUT2D eigenvalue weighted by atomic mass is 9.75. The van der Waals surface area contributed by atoms with E-state index in [-0.39, 0.29) is 0 Å². The van der Waals surface area contributed by atoms with E-state index in [4.69, 9.17) is 0 Å². The minimum atomic E-state index is 1.05. The van der Waals surface area contributed by atoms with Crippen LogP contribution >= 0.6 is 0 Å². The minimum Gasteiger partial charge on any atom is -0.303 e. The smallest absolute Gasteiger partial charge is 0.000976 e. The number of piperidine rings is 1. The van der Waals surface area contributed by atoms with Crippen LogP contribution in [0.2, 0.25) is 0 Å². The SMILES string of the molecule is C1CCN(CC2CCC3CCC[C@@H]3C2)CC1. The van der Waals surface area contributed by atoms with Gasteiger partial charge in [-0.1, -0.05) is 25.7 Å². The maximum atomic E-state index is 2.75. The fourth-order valence-corrected chi connectivity index (χ4v) is 4.47. The van der Waals surface area contributed by atoms with Gasteiger partial charge in [0.05, 0.1) is 0 Å². The van der Waals surface area contributed by atoms with Crippen molar-refractivity contribution in [1.82, 2.24) is 4.90 Å². The van der Waals surface area contributed by atoms with Crippen LogP contribution in [-0.2, 0) is 0 Å². The molecular weight excluding hydrogens is 194 g/mol. The molecule has 0 spiro atoms. The van der Waals surface area contributed by atoms with Gasteiger partial charge in [0.2, 0.25) is 0 Å². The second-order valence-electron chi connectivity index (χ2n) is 6.49. The first-order chi connectivity index (χ1) is 7.92. The Balaban J connectivity index is 1.48. The van der Waals surface area contributed by atoms with Gasteiger partial charge in [0.1, 0.15) is 0 Å². The number of hydrogen-bond acceptors (Lipinski definition) is 1. The van der Waals surface area contributed by atoms with E-state index in [2.05, 4.69) is 4.90 Å². The van der Waals surface area contributed by atoms with Crippen molar-refractivity contribution in [1.29, 1.82) is 0 Å². The van der Waals surface area contributed by atoms with Crippen molar-refractivity contribution in [3.8, 4) is 0 Å². The van der Waals surface area contributed by atoms with Gasteiger partial charge in [-0.05, 0) is 62.9 Å². The van der Waals surface area contributed by atoms with E-state index in [1.165, 1.54) is 51.7 Å². The van der Waals surface area contributed by atoms with Gasteiger partial charge in [0.15, 0.2) is 0 Å². The third kappa shape index (κ3) is 2.45. The molecule has 0 aromatic rings. The predicted molar refractivity (Wildman–Crippen MR) is 68.5 cm³/mol.